The first-order valence-electron chi connectivity index (χ1n) is 8.62. The number of nitrogens with zero attached hydrogens (tertiary/aromatic N) is 3. The van der Waals surface area contributed by atoms with Crippen molar-refractivity contribution in [2.75, 3.05) is 26.7 Å². The molecular formula is C20H21N3O2. The van der Waals surface area contributed by atoms with Crippen LogP contribution in [0.15, 0.2) is 54.9 Å². The lowest BCUT2D eigenvalue weighted by Crippen LogP contribution is -2.39. The van der Waals surface area contributed by atoms with E-state index in [1.54, 1.807) is 29.4 Å². The third-order valence-electron chi connectivity index (χ3n) is 5.61. The molecule has 4 rings (SSSR count). The molecule has 0 saturated carbocycles. The Morgan fingerprint density at radius 1 is 1.20 bits per heavy atom. The van der Waals surface area contributed by atoms with Gasteiger partial charge in [0.25, 0.3) is 5.91 Å². The predicted octanol–water partition coefficient (Wildman–Crippen LogP) is 2.17. The summed E-state index contributed by atoms with van der Waals surface area (Å²) in [5.74, 6) is 0.142. The standard InChI is InChI=1S/C20H21N3O2/c1-22-11-9-20(19(22)25)14-23(18(24)16-8-5-10-21-12-16)13-17(20)15-6-3-2-4-7-15/h2-8,10,12,17H,9,11,13-14H2,1H3/t17-,20+/m0/s1. The average Bonchev–Trinajstić information content (AvgIpc) is 3.19. The molecule has 2 aliphatic rings. The molecular weight excluding hydrogens is 314 g/mol. The van der Waals surface area contributed by atoms with Crippen molar-refractivity contribution >= 4 is 11.8 Å². The third kappa shape index (κ3) is 2.51. The highest BCUT2D eigenvalue weighted by Crippen LogP contribution is 2.49. The van der Waals surface area contributed by atoms with E-state index in [1.807, 2.05) is 30.1 Å². The first-order valence-corrected chi connectivity index (χ1v) is 8.62. The number of hydrogen-bond donors (Lipinski definition) is 0. The molecule has 2 saturated heterocycles. The number of pyridine rings is 1. The molecule has 1 aromatic carbocycles. The number of carbonyl (C=O) groups excluding carboxylic acids is 2. The van der Waals surface area contributed by atoms with Crippen LogP contribution in [-0.2, 0) is 4.79 Å². The van der Waals surface area contributed by atoms with Crippen LogP contribution in [0.1, 0.15) is 28.3 Å². The van der Waals surface area contributed by atoms with Crippen molar-refractivity contribution in [3.8, 4) is 0 Å². The predicted molar refractivity (Wildman–Crippen MR) is 94.0 cm³/mol. The normalized spacial score (nSPS) is 25.8. The smallest absolute Gasteiger partial charge is 0.255 e. The van der Waals surface area contributed by atoms with Crippen molar-refractivity contribution in [3.63, 3.8) is 0 Å². The Bertz CT molecular complexity index is 793. The van der Waals surface area contributed by atoms with Crippen molar-refractivity contribution in [2.45, 2.75) is 12.3 Å². The van der Waals surface area contributed by atoms with Gasteiger partial charge in [0.05, 0.1) is 11.0 Å². The molecule has 2 amide bonds. The minimum atomic E-state index is -0.506. The SMILES string of the molecule is CN1CC[C@]2(CN(C(=O)c3cccnc3)C[C@H]2c2ccccc2)C1=O. The lowest BCUT2D eigenvalue weighted by molar-refractivity contribution is -0.134. The van der Waals surface area contributed by atoms with Crippen LogP contribution < -0.4 is 0 Å². The van der Waals surface area contributed by atoms with Gasteiger partial charge in [-0.3, -0.25) is 14.6 Å². The fourth-order valence-electron chi connectivity index (χ4n) is 4.27. The molecule has 2 aromatic rings. The van der Waals surface area contributed by atoms with E-state index in [0.717, 1.165) is 18.5 Å². The molecule has 1 aromatic heterocycles. The van der Waals surface area contributed by atoms with E-state index in [4.69, 9.17) is 0 Å². The van der Waals surface area contributed by atoms with Crippen LogP contribution in [0.3, 0.4) is 0 Å². The highest BCUT2D eigenvalue weighted by molar-refractivity contribution is 5.96. The monoisotopic (exact) mass is 335 g/mol. The van der Waals surface area contributed by atoms with Crippen molar-refractivity contribution < 1.29 is 9.59 Å². The number of hydrogen-bond acceptors (Lipinski definition) is 3. The first kappa shape index (κ1) is 15.8. The molecule has 0 radical (unpaired) electrons. The summed E-state index contributed by atoms with van der Waals surface area (Å²) in [4.78, 5) is 33.6. The van der Waals surface area contributed by atoms with Crippen LogP contribution in [0.25, 0.3) is 0 Å². The van der Waals surface area contributed by atoms with E-state index in [0.29, 0.717) is 18.7 Å². The topological polar surface area (TPSA) is 53.5 Å². The van der Waals surface area contributed by atoms with E-state index in [2.05, 4.69) is 17.1 Å². The molecule has 0 N–H and O–H groups in total. The van der Waals surface area contributed by atoms with Gasteiger partial charge in [-0.15, -0.1) is 0 Å². The zero-order chi connectivity index (χ0) is 17.4. The van der Waals surface area contributed by atoms with Gasteiger partial charge in [-0.1, -0.05) is 30.3 Å². The van der Waals surface area contributed by atoms with E-state index in [-0.39, 0.29) is 17.7 Å². The molecule has 2 fully saturated rings. The summed E-state index contributed by atoms with van der Waals surface area (Å²) in [5, 5.41) is 0. The van der Waals surface area contributed by atoms with Gasteiger partial charge >= 0.3 is 0 Å². The molecule has 5 heteroatoms. The summed E-state index contributed by atoms with van der Waals surface area (Å²) in [6.07, 6.45) is 4.04. The van der Waals surface area contributed by atoms with Crippen molar-refractivity contribution in [3.05, 3.63) is 66.0 Å². The Labute approximate surface area is 147 Å². The van der Waals surface area contributed by atoms with Crippen LogP contribution in [0, 0.1) is 5.41 Å². The minimum Gasteiger partial charge on any atom is -0.345 e. The number of likely N-dealkylation sites (tertiary alicyclic amines) is 2. The second kappa shape index (κ2) is 5.99. The maximum absolute atomic E-state index is 13.0. The fraction of sp³-hybridized carbons (Fsp3) is 0.350. The van der Waals surface area contributed by atoms with Gasteiger partial charge < -0.3 is 9.80 Å². The number of carbonyl (C=O) groups is 2. The molecule has 3 heterocycles. The second-order valence-electron chi connectivity index (χ2n) is 7.02. The van der Waals surface area contributed by atoms with E-state index in [9.17, 15) is 9.59 Å². The van der Waals surface area contributed by atoms with Gasteiger partial charge in [-0.25, -0.2) is 0 Å². The summed E-state index contributed by atoms with van der Waals surface area (Å²) < 4.78 is 0. The van der Waals surface area contributed by atoms with Crippen LogP contribution in [0.4, 0.5) is 0 Å². The lowest BCUT2D eigenvalue weighted by atomic mass is 9.73. The molecule has 5 nitrogen and oxygen atoms in total. The number of amides is 2. The van der Waals surface area contributed by atoms with E-state index < -0.39 is 5.41 Å². The molecule has 25 heavy (non-hydrogen) atoms. The Morgan fingerprint density at radius 3 is 2.64 bits per heavy atom. The fourth-order valence-corrected chi connectivity index (χ4v) is 4.27. The summed E-state index contributed by atoms with van der Waals surface area (Å²) in [7, 11) is 1.85. The Hall–Kier alpha value is -2.69. The van der Waals surface area contributed by atoms with Gasteiger partial charge in [0.15, 0.2) is 0 Å². The van der Waals surface area contributed by atoms with Crippen LogP contribution in [0.5, 0.6) is 0 Å². The second-order valence-corrected chi connectivity index (χ2v) is 7.02. The highest BCUT2D eigenvalue weighted by atomic mass is 16.2. The average molecular weight is 335 g/mol. The molecule has 128 valence electrons. The molecule has 2 atom stereocenters. The van der Waals surface area contributed by atoms with Gasteiger partial charge in [-0.2, -0.15) is 0 Å². The van der Waals surface area contributed by atoms with Gasteiger partial charge in [0.1, 0.15) is 0 Å². The quantitative estimate of drug-likeness (QED) is 0.845. The summed E-state index contributed by atoms with van der Waals surface area (Å²) >= 11 is 0. The van der Waals surface area contributed by atoms with Crippen molar-refractivity contribution in [2.24, 2.45) is 5.41 Å². The summed E-state index contributed by atoms with van der Waals surface area (Å²) in [5.41, 5.74) is 1.20. The largest absolute Gasteiger partial charge is 0.345 e. The zero-order valence-corrected chi connectivity index (χ0v) is 14.3. The lowest BCUT2D eigenvalue weighted by Gasteiger charge is -2.28. The van der Waals surface area contributed by atoms with Crippen molar-refractivity contribution in [1.29, 1.82) is 0 Å². The van der Waals surface area contributed by atoms with Crippen molar-refractivity contribution in [1.82, 2.24) is 14.8 Å². The first-order chi connectivity index (χ1) is 12.1. The Balaban J connectivity index is 1.70. The van der Waals surface area contributed by atoms with Crippen LogP contribution >= 0.6 is 0 Å². The summed E-state index contributed by atoms with van der Waals surface area (Å²) in [6.45, 7) is 1.79. The molecule has 0 unspecified atom stereocenters. The number of benzene rings is 1. The van der Waals surface area contributed by atoms with Crippen LogP contribution in [0.2, 0.25) is 0 Å². The Morgan fingerprint density at radius 2 is 2.00 bits per heavy atom. The molecule has 0 bridgehead atoms. The Kier molecular flexibility index (Phi) is 3.79. The van der Waals surface area contributed by atoms with E-state index in [1.165, 1.54) is 0 Å². The third-order valence-corrected chi connectivity index (χ3v) is 5.61. The molecule has 2 aliphatic heterocycles. The van der Waals surface area contributed by atoms with E-state index >= 15 is 0 Å². The van der Waals surface area contributed by atoms with Gasteiger partial charge in [0, 0.05) is 45.0 Å². The number of aromatic nitrogens is 1. The number of rotatable bonds is 2. The molecule has 0 aliphatic carbocycles. The minimum absolute atomic E-state index is 0.0340. The van der Waals surface area contributed by atoms with Gasteiger partial charge in [-0.05, 0) is 24.1 Å². The zero-order valence-electron chi connectivity index (χ0n) is 14.3. The summed E-state index contributed by atoms with van der Waals surface area (Å²) in [6, 6.07) is 13.6. The maximum atomic E-state index is 13.0. The maximum Gasteiger partial charge on any atom is 0.255 e. The van der Waals surface area contributed by atoms with Crippen LogP contribution in [-0.4, -0.2) is 53.3 Å². The highest BCUT2D eigenvalue weighted by Gasteiger charge is 2.57. The van der Waals surface area contributed by atoms with Gasteiger partial charge in [0.2, 0.25) is 5.91 Å². The molecule has 1 spiro atoms.